The first-order valence-electron chi connectivity index (χ1n) is 13.4. The zero-order valence-corrected chi connectivity index (χ0v) is 22.1. The molecule has 2 saturated heterocycles. The Labute approximate surface area is 225 Å². The number of hydrogen-bond donors (Lipinski definition) is 2. The highest BCUT2D eigenvalue weighted by molar-refractivity contribution is 5.89. The fraction of sp³-hybridized carbons (Fsp3) is 0.379. The first-order valence-corrected chi connectivity index (χ1v) is 13.4. The Balaban J connectivity index is 1.31. The van der Waals surface area contributed by atoms with Gasteiger partial charge in [-0.1, -0.05) is 12.7 Å². The molecule has 202 valence electrons. The highest BCUT2D eigenvalue weighted by Gasteiger charge is 2.38. The number of allylic oxidation sites excluding steroid dienone is 2. The smallest absolute Gasteiger partial charge is 0.261 e. The van der Waals surface area contributed by atoms with Gasteiger partial charge in [0.05, 0.1) is 23.5 Å². The van der Waals surface area contributed by atoms with E-state index in [1.165, 1.54) is 19.3 Å². The van der Waals surface area contributed by atoms with Crippen molar-refractivity contribution in [3.05, 3.63) is 66.3 Å². The Morgan fingerprint density at radius 1 is 1.13 bits per heavy atom. The number of pyridine rings is 2. The Kier molecular flexibility index (Phi) is 6.72. The van der Waals surface area contributed by atoms with Crippen LogP contribution in [0.2, 0.25) is 0 Å². The van der Waals surface area contributed by atoms with Gasteiger partial charge in [0.25, 0.3) is 5.92 Å². The van der Waals surface area contributed by atoms with Gasteiger partial charge in [-0.2, -0.15) is 5.10 Å². The van der Waals surface area contributed by atoms with Crippen LogP contribution in [0.25, 0.3) is 39.5 Å². The minimum absolute atomic E-state index is 0.0987. The summed E-state index contributed by atoms with van der Waals surface area (Å²) in [7, 11) is 0. The number of imidazole rings is 1. The van der Waals surface area contributed by atoms with E-state index in [0.717, 1.165) is 52.5 Å². The minimum Gasteiger partial charge on any atom is -0.370 e. The summed E-state index contributed by atoms with van der Waals surface area (Å²) < 4.78 is 27.3. The van der Waals surface area contributed by atoms with Crippen molar-refractivity contribution in [2.45, 2.75) is 45.1 Å². The normalized spacial score (nSPS) is 18.2. The molecule has 0 unspecified atom stereocenters. The molecule has 2 aliphatic heterocycles. The topological polar surface area (TPSA) is 89.6 Å². The number of aryl methyl sites for hydroxylation is 1. The lowest BCUT2D eigenvalue weighted by atomic mass is 10.1. The van der Waals surface area contributed by atoms with E-state index >= 15 is 0 Å². The van der Waals surface area contributed by atoms with Crippen LogP contribution in [0.4, 0.5) is 8.78 Å². The third-order valence-electron chi connectivity index (χ3n) is 7.48. The molecule has 6 rings (SSSR count). The first kappa shape index (κ1) is 25.4. The van der Waals surface area contributed by atoms with Gasteiger partial charge in [-0.05, 0) is 56.0 Å². The zero-order chi connectivity index (χ0) is 27.0. The Morgan fingerprint density at radius 3 is 2.74 bits per heavy atom. The van der Waals surface area contributed by atoms with Gasteiger partial charge in [0.2, 0.25) is 0 Å². The maximum absolute atomic E-state index is 13.6. The van der Waals surface area contributed by atoms with Crippen molar-refractivity contribution < 1.29 is 8.78 Å². The van der Waals surface area contributed by atoms with Gasteiger partial charge in [0.1, 0.15) is 11.2 Å². The molecular formula is C29H32F2N8. The highest BCUT2D eigenvalue weighted by Crippen LogP contribution is 2.31. The van der Waals surface area contributed by atoms with Crippen LogP contribution in [-0.2, 0) is 6.54 Å². The molecule has 0 atom stereocenters. The third kappa shape index (κ3) is 5.21. The van der Waals surface area contributed by atoms with Crippen molar-refractivity contribution in [2.75, 3.05) is 26.2 Å². The molecular weight excluding hydrogens is 498 g/mol. The van der Waals surface area contributed by atoms with Crippen molar-refractivity contribution in [1.29, 1.82) is 0 Å². The van der Waals surface area contributed by atoms with Crippen LogP contribution in [0.3, 0.4) is 0 Å². The second-order valence-corrected chi connectivity index (χ2v) is 10.5. The van der Waals surface area contributed by atoms with Crippen LogP contribution in [0.1, 0.15) is 42.6 Å². The number of nitrogens with zero attached hydrogens (tertiary/aromatic N) is 6. The Morgan fingerprint density at radius 2 is 1.97 bits per heavy atom. The summed E-state index contributed by atoms with van der Waals surface area (Å²) in [6.45, 7) is 8.55. The fourth-order valence-electron chi connectivity index (χ4n) is 5.54. The molecule has 10 heteroatoms. The van der Waals surface area contributed by atoms with E-state index in [1.807, 2.05) is 37.3 Å². The second kappa shape index (κ2) is 10.3. The lowest BCUT2D eigenvalue weighted by Gasteiger charge is -2.30. The number of alkyl halides is 2. The first-order chi connectivity index (χ1) is 18.9. The van der Waals surface area contributed by atoms with Gasteiger partial charge in [0.15, 0.2) is 11.5 Å². The number of likely N-dealkylation sites (tertiary alicyclic amines) is 2. The number of halogens is 2. The molecule has 6 heterocycles. The predicted molar refractivity (Wildman–Crippen MR) is 148 cm³/mol. The van der Waals surface area contributed by atoms with Gasteiger partial charge in [-0.25, -0.2) is 18.7 Å². The van der Waals surface area contributed by atoms with E-state index in [2.05, 4.69) is 31.6 Å². The molecule has 0 radical (unpaired) electrons. The van der Waals surface area contributed by atoms with Crippen molar-refractivity contribution in [3.63, 3.8) is 0 Å². The SMILES string of the molecule is C=C/C=C(\c1nc(-c2n[nH]c3ccc(-c4cncc(CN5CCC(F)(F)C5)c4)nc23)[nH]c1C)N1CCCCC1. The minimum atomic E-state index is -2.62. The van der Waals surface area contributed by atoms with E-state index in [1.54, 1.807) is 17.3 Å². The molecule has 0 aromatic carbocycles. The van der Waals surface area contributed by atoms with Gasteiger partial charge >= 0.3 is 0 Å². The number of fused-ring (bicyclic) bond motifs is 1. The summed E-state index contributed by atoms with van der Waals surface area (Å²) in [6, 6.07) is 5.82. The van der Waals surface area contributed by atoms with E-state index in [9.17, 15) is 8.78 Å². The molecule has 2 fully saturated rings. The summed E-state index contributed by atoms with van der Waals surface area (Å²) >= 11 is 0. The quantitative estimate of drug-likeness (QED) is 0.304. The molecule has 2 aliphatic rings. The monoisotopic (exact) mass is 530 g/mol. The summed E-state index contributed by atoms with van der Waals surface area (Å²) in [5.74, 6) is -1.97. The molecule has 8 nitrogen and oxygen atoms in total. The molecule has 0 aliphatic carbocycles. The Bertz CT molecular complexity index is 1530. The van der Waals surface area contributed by atoms with Crippen LogP contribution >= 0.6 is 0 Å². The van der Waals surface area contributed by atoms with Crippen molar-refractivity contribution in [1.82, 2.24) is 39.9 Å². The lowest BCUT2D eigenvalue weighted by molar-refractivity contribution is 0.0115. The number of H-pyrrole nitrogens is 2. The molecule has 39 heavy (non-hydrogen) atoms. The standard InChI is InChI=1S/C29H32F2N8/c1-3-7-24(39-11-5-4-6-12-39)25-19(2)33-28(35-25)27-26-23(36-37-27)9-8-22(34-26)21-14-20(15-32-16-21)17-38-13-10-29(30,31)18-38/h3,7-9,14-16H,1,4-6,10-13,17-18H2,2H3,(H,33,35)(H,36,37)/b24-7+. The van der Waals surface area contributed by atoms with Gasteiger partial charge in [0, 0.05) is 56.3 Å². The summed E-state index contributed by atoms with van der Waals surface area (Å²) in [5.41, 5.74) is 7.49. The second-order valence-electron chi connectivity index (χ2n) is 10.5. The maximum Gasteiger partial charge on any atom is 0.261 e. The van der Waals surface area contributed by atoms with Gasteiger partial charge < -0.3 is 9.88 Å². The van der Waals surface area contributed by atoms with E-state index in [4.69, 9.17) is 9.97 Å². The molecule has 4 aromatic heterocycles. The summed E-state index contributed by atoms with van der Waals surface area (Å²) in [4.78, 5) is 21.8. The van der Waals surface area contributed by atoms with Crippen molar-refractivity contribution in [3.8, 4) is 22.8 Å². The van der Waals surface area contributed by atoms with Crippen LogP contribution in [0.15, 0.2) is 49.3 Å². The molecule has 2 N–H and O–H groups in total. The average molecular weight is 531 g/mol. The molecule has 0 saturated carbocycles. The van der Waals surface area contributed by atoms with Crippen molar-refractivity contribution >= 4 is 16.7 Å². The number of piperidine rings is 1. The summed E-state index contributed by atoms with van der Waals surface area (Å²) in [5, 5.41) is 7.62. The average Bonchev–Trinajstić information content (AvgIpc) is 3.63. The van der Waals surface area contributed by atoms with Crippen LogP contribution in [0, 0.1) is 6.92 Å². The van der Waals surface area contributed by atoms with Crippen LogP contribution in [-0.4, -0.2) is 72.0 Å². The predicted octanol–water partition coefficient (Wildman–Crippen LogP) is 5.57. The molecule has 4 aromatic rings. The Hall–Kier alpha value is -3.92. The maximum atomic E-state index is 13.6. The summed E-state index contributed by atoms with van der Waals surface area (Å²) in [6.07, 6.45) is 10.8. The number of aromatic nitrogens is 6. The molecule has 0 bridgehead atoms. The molecule has 0 spiro atoms. The fourth-order valence-corrected chi connectivity index (χ4v) is 5.54. The number of hydrogen-bond acceptors (Lipinski definition) is 6. The van der Waals surface area contributed by atoms with Crippen molar-refractivity contribution in [2.24, 2.45) is 0 Å². The number of rotatable bonds is 7. The highest BCUT2D eigenvalue weighted by atomic mass is 19.3. The van der Waals surface area contributed by atoms with E-state index < -0.39 is 5.92 Å². The van der Waals surface area contributed by atoms with Gasteiger partial charge in [-0.3, -0.25) is 15.0 Å². The van der Waals surface area contributed by atoms with Crippen LogP contribution in [0.5, 0.6) is 0 Å². The lowest BCUT2D eigenvalue weighted by Crippen LogP contribution is -2.28. The largest absolute Gasteiger partial charge is 0.370 e. The number of nitrogens with one attached hydrogen (secondary N) is 2. The van der Waals surface area contributed by atoms with Crippen LogP contribution < -0.4 is 0 Å². The third-order valence-corrected chi connectivity index (χ3v) is 7.48. The zero-order valence-electron chi connectivity index (χ0n) is 22.1. The van der Waals surface area contributed by atoms with E-state index in [0.29, 0.717) is 30.1 Å². The van der Waals surface area contributed by atoms with Gasteiger partial charge in [-0.15, -0.1) is 0 Å². The van der Waals surface area contributed by atoms with E-state index in [-0.39, 0.29) is 13.0 Å². The number of aromatic amines is 2. The molecule has 0 amide bonds.